The molecular weight excluding hydrogens is 450 g/mol. The monoisotopic (exact) mass is 473 g/mol. The molecule has 5 rings (SSSR count). The Labute approximate surface area is 192 Å². The van der Waals surface area contributed by atoms with Crippen molar-refractivity contribution in [2.45, 2.75) is 18.7 Å². The summed E-state index contributed by atoms with van der Waals surface area (Å²) in [5.74, 6) is 0.405. The van der Waals surface area contributed by atoms with Gasteiger partial charge < -0.3 is 19.3 Å². The number of nitrogens with zero attached hydrogens (tertiary/aromatic N) is 3. The fourth-order valence-corrected chi connectivity index (χ4v) is 6.21. The molecule has 0 radical (unpaired) electrons. The van der Waals surface area contributed by atoms with E-state index in [1.54, 1.807) is 25.3 Å². The van der Waals surface area contributed by atoms with Crippen molar-refractivity contribution in [3.8, 4) is 5.75 Å². The predicted molar refractivity (Wildman–Crippen MR) is 126 cm³/mol. The van der Waals surface area contributed by atoms with Crippen molar-refractivity contribution < 1.29 is 17.9 Å². The number of ether oxygens (including phenoxy) is 2. The van der Waals surface area contributed by atoms with E-state index in [0.717, 1.165) is 41.1 Å². The number of rotatable bonds is 3. The van der Waals surface area contributed by atoms with Crippen LogP contribution in [0.2, 0.25) is 5.02 Å². The maximum atomic E-state index is 13.1. The third-order valence-corrected chi connectivity index (χ3v) is 8.13. The number of methoxy groups -OCH3 is 1. The van der Waals surface area contributed by atoms with Gasteiger partial charge in [0, 0.05) is 35.9 Å². The summed E-state index contributed by atoms with van der Waals surface area (Å²) in [5.41, 5.74) is 4.92. The lowest BCUT2D eigenvalue weighted by Gasteiger charge is -2.30. The topological polar surface area (TPSA) is 72.0 Å². The van der Waals surface area contributed by atoms with Gasteiger partial charge in [-0.2, -0.15) is 0 Å². The second-order valence-electron chi connectivity index (χ2n) is 8.10. The first-order valence-corrected chi connectivity index (χ1v) is 12.4. The van der Waals surface area contributed by atoms with Crippen molar-refractivity contribution in [2.24, 2.45) is 0 Å². The van der Waals surface area contributed by atoms with Gasteiger partial charge in [-0.25, -0.2) is 8.42 Å². The minimum absolute atomic E-state index is 0.127. The van der Waals surface area contributed by atoms with Gasteiger partial charge in [0.05, 0.1) is 47.1 Å². The summed E-state index contributed by atoms with van der Waals surface area (Å²) in [6.45, 7) is 6.76. The largest absolute Gasteiger partial charge is 0.495 e. The molecule has 1 fully saturated rings. The van der Waals surface area contributed by atoms with Gasteiger partial charge in [-0.05, 0) is 43.7 Å². The van der Waals surface area contributed by atoms with Gasteiger partial charge in [0.2, 0.25) is 0 Å². The van der Waals surface area contributed by atoms with Gasteiger partial charge in [-0.1, -0.05) is 11.6 Å². The molecular formula is C23H24ClN3O4S. The summed E-state index contributed by atoms with van der Waals surface area (Å²) in [6, 6.07) is 9.17. The molecule has 0 unspecified atom stereocenters. The van der Waals surface area contributed by atoms with Crippen LogP contribution in [0.15, 0.2) is 35.2 Å². The molecule has 9 heteroatoms. The lowest BCUT2D eigenvalue weighted by atomic mass is 10.0. The molecule has 3 heterocycles. The first-order chi connectivity index (χ1) is 15.3. The molecule has 2 aliphatic heterocycles. The van der Waals surface area contributed by atoms with E-state index >= 15 is 0 Å². The number of pyridine rings is 1. The fraction of sp³-hybridized carbons (Fsp3) is 0.348. The Kier molecular flexibility index (Phi) is 5.19. The molecule has 2 aromatic carbocycles. The highest BCUT2D eigenvalue weighted by molar-refractivity contribution is 7.92. The van der Waals surface area contributed by atoms with Crippen LogP contribution in [0, 0.1) is 13.8 Å². The van der Waals surface area contributed by atoms with Crippen LogP contribution in [-0.2, 0) is 14.6 Å². The summed E-state index contributed by atoms with van der Waals surface area (Å²) in [5, 5.41) is 1.24. The van der Waals surface area contributed by atoms with Crippen LogP contribution in [0.1, 0.15) is 11.3 Å². The number of morpholine rings is 1. The fourth-order valence-electron chi connectivity index (χ4n) is 4.46. The zero-order chi connectivity index (χ0) is 22.6. The first-order valence-electron chi connectivity index (χ1n) is 10.4. The number of aryl methyl sites for hydroxylation is 1. The molecule has 0 atom stereocenters. The Morgan fingerprint density at radius 3 is 2.59 bits per heavy atom. The lowest BCUT2D eigenvalue weighted by molar-refractivity contribution is 0.122. The molecule has 0 saturated carbocycles. The number of hydrogen-bond acceptors (Lipinski definition) is 7. The minimum Gasteiger partial charge on any atom is -0.495 e. The minimum atomic E-state index is -3.47. The number of anilines is 3. The first kappa shape index (κ1) is 21.3. The summed E-state index contributed by atoms with van der Waals surface area (Å²) in [6.07, 6.45) is 0. The molecule has 0 spiro atoms. The Hall–Kier alpha value is -2.55. The van der Waals surface area contributed by atoms with E-state index in [1.807, 2.05) is 30.9 Å². The van der Waals surface area contributed by atoms with Crippen molar-refractivity contribution in [1.29, 1.82) is 0 Å². The van der Waals surface area contributed by atoms with E-state index in [1.165, 1.54) is 0 Å². The number of sulfone groups is 1. The molecule has 32 heavy (non-hydrogen) atoms. The SMILES string of the molecule is COc1cc2nc(C)c(C)c(N3CS(=O)(=O)c4ccc(N5CCOCC5)cc43)c2cc1Cl. The molecule has 1 aromatic heterocycles. The second kappa shape index (κ2) is 7.79. The van der Waals surface area contributed by atoms with E-state index < -0.39 is 9.84 Å². The standard InChI is InChI=1S/C23H24ClN3O4S/c1-14-15(2)25-19-12-21(30-3)18(24)11-17(19)23(14)27-13-32(28,29)22-5-4-16(10-20(22)27)26-6-8-31-9-7-26/h4-5,10-12H,6-9,13H2,1-3H3. The zero-order valence-electron chi connectivity index (χ0n) is 18.2. The summed E-state index contributed by atoms with van der Waals surface area (Å²) in [7, 11) is -1.91. The molecule has 0 aliphatic carbocycles. The molecule has 3 aromatic rings. The van der Waals surface area contributed by atoms with Gasteiger partial charge in [0.1, 0.15) is 11.6 Å². The van der Waals surface area contributed by atoms with Crippen LogP contribution in [0.5, 0.6) is 5.75 Å². The van der Waals surface area contributed by atoms with Crippen molar-refractivity contribution in [1.82, 2.24) is 4.98 Å². The Bertz CT molecular complexity index is 1340. The highest BCUT2D eigenvalue weighted by atomic mass is 35.5. The molecule has 7 nitrogen and oxygen atoms in total. The van der Waals surface area contributed by atoms with E-state index in [9.17, 15) is 8.42 Å². The number of hydrogen-bond donors (Lipinski definition) is 0. The Morgan fingerprint density at radius 1 is 1.12 bits per heavy atom. The van der Waals surface area contributed by atoms with E-state index in [-0.39, 0.29) is 5.88 Å². The molecule has 1 saturated heterocycles. The maximum Gasteiger partial charge on any atom is 0.198 e. The smallest absolute Gasteiger partial charge is 0.198 e. The quantitative estimate of drug-likeness (QED) is 0.563. The Morgan fingerprint density at radius 2 is 1.88 bits per heavy atom. The summed E-state index contributed by atoms with van der Waals surface area (Å²) < 4.78 is 37.0. The molecule has 2 aliphatic rings. The van der Waals surface area contributed by atoms with Crippen LogP contribution in [-0.4, -0.2) is 52.7 Å². The molecule has 0 amide bonds. The average Bonchev–Trinajstić information content (AvgIpc) is 3.05. The van der Waals surface area contributed by atoms with Crippen LogP contribution < -0.4 is 14.5 Å². The van der Waals surface area contributed by atoms with E-state index in [4.69, 9.17) is 26.1 Å². The highest BCUT2D eigenvalue weighted by Crippen LogP contribution is 2.46. The highest BCUT2D eigenvalue weighted by Gasteiger charge is 2.36. The van der Waals surface area contributed by atoms with Crippen LogP contribution in [0.3, 0.4) is 0 Å². The maximum absolute atomic E-state index is 13.1. The molecule has 0 N–H and O–H groups in total. The van der Waals surface area contributed by atoms with Crippen LogP contribution in [0.4, 0.5) is 17.1 Å². The van der Waals surface area contributed by atoms with E-state index in [0.29, 0.717) is 40.1 Å². The zero-order valence-corrected chi connectivity index (χ0v) is 19.8. The van der Waals surface area contributed by atoms with Crippen molar-refractivity contribution >= 4 is 49.4 Å². The van der Waals surface area contributed by atoms with Gasteiger partial charge in [0.15, 0.2) is 9.84 Å². The predicted octanol–water partition coefficient (Wildman–Crippen LogP) is 4.23. The summed E-state index contributed by atoms with van der Waals surface area (Å²) in [4.78, 5) is 9.15. The third kappa shape index (κ3) is 3.37. The van der Waals surface area contributed by atoms with E-state index in [2.05, 4.69) is 4.90 Å². The van der Waals surface area contributed by atoms with Gasteiger partial charge in [0.25, 0.3) is 0 Å². The molecule has 168 valence electrons. The number of fused-ring (bicyclic) bond motifs is 2. The molecule has 0 bridgehead atoms. The van der Waals surface area contributed by atoms with Crippen LogP contribution in [0.25, 0.3) is 10.9 Å². The van der Waals surface area contributed by atoms with Crippen LogP contribution >= 0.6 is 11.6 Å². The van der Waals surface area contributed by atoms with Crippen molar-refractivity contribution in [2.75, 3.05) is 49.1 Å². The van der Waals surface area contributed by atoms with Crippen molar-refractivity contribution in [3.63, 3.8) is 0 Å². The Balaban J connectivity index is 1.73. The number of halogens is 1. The van der Waals surface area contributed by atoms with Crippen molar-refractivity contribution in [3.05, 3.63) is 46.6 Å². The summed E-state index contributed by atoms with van der Waals surface area (Å²) >= 11 is 6.45. The normalized spacial score (nSPS) is 17.6. The third-order valence-electron chi connectivity index (χ3n) is 6.22. The second-order valence-corrected chi connectivity index (χ2v) is 10.4. The average molecular weight is 474 g/mol. The van der Waals surface area contributed by atoms with Gasteiger partial charge in [-0.3, -0.25) is 4.98 Å². The van der Waals surface area contributed by atoms with Gasteiger partial charge in [-0.15, -0.1) is 0 Å². The number of benzene rings is 2. The van der Waals surface area contributed by atoms with Gasteiger partial charge >= 0.3 is 0 Å². The number of aromatic nitrogens is 1. The lowest BCUT2D eigenvalue weighted by Crippen LogP contribution is -2.36.